The Hall–Kier alpha value is -4.16. The molecule has 9 rings (SSSR count). The van der Waals surface area contributed by atoms with Crippen LogP contribution in [0.1, 0.15) is 139 Å². The molecule has 0 heteroatoms. The zero-order valence-corrected chi connectivity index (χ0v) is 32.0. The Morgan fingerprint density at radius 2 is 1.61 bits per heavy atom. The average Bonchev–Trinajstić information content (AvgIpc) is 3.13. The van der Waals surface area contributed by atoms with Crippen molar-refractivity contribution in [1.82, 2.24) is 0 Å². The van der Waals surface area contributed by atoms with E-state index in [2.05, 4.69) is 127 Å². The van der Waals surface area contributed by atoms with Crippen LogP contribution >= 0.6 is 0 Å². The van der Waals surface area contributed by atoms with Crippen molar-refractivity contribution in [3.05, 3.63) is 142 Å². The van der Waals surface area contributed by atoms with Gasteiger partial charge in [-0.1, -0.05) is 107 Å². The first-order chi connectivity index (χ1) is 25.0. The highest BCUT2D eigenvalue weighted by Crippen LogP contribution is 2.63. The summed E-state index contributed by atoms with van der Waals surface area (Å²) < 4.78 is 0. The third kappa shape index (κ3) is 4.57. The van der Waals surface area contributed by atoms with Crippen molar-refractivity contribution in [3.8, 4) is 0 Å². The maximum atomic E-state index is 2.61. The van der Waals surface area contributed by atoms with Gasteiger partial charge in [0.2, 0.25) is 0 Å². The Morgan fingerprint density at radius 1 is 0.784 bits per heavy atom. The molecular formula is C51H54. The first-order valence-electron chi connectivity index (χ1n) is 20.3. The molecule has 0 heterocycles. The summed E-state index contributed by atoms with van der Waals surface area (Å²) in [5.41, 5.74) is 23.9. The third-order valence-corrected chi connectivity index (χ3v) is 13.2. The molecule has 0 N–H and O–H groups in total. The lowest BCUT2D eigenvalue weighted by molar-refractivity contribution is 0.606. The molecule has 0 bridgehead atoms. The van der Waals surface area contributed by atoms with Crippen LogP contribution in [0, 0.1) is 11.8 Å². The number of rotatable bonds is 8. The molecule has 0 saturated carbocycles. The highest BCUT2D eigenvalue weighted by Gasteiger charge is 2.50. The fraction of sp³-hybridized carbons (Fsp3) is 0.373. The normalized spacial score (nSPS) is 26.5. The lowest BCUT2D eigenvalue weighted by Gasteiger charge is -2.51. The third-order valence-electron chi connectivity index (χ3n) is 13.2. The average molecular weight is 667 g/mol. The van der Waals surface area contributed by atoms with Crippen molar-refractivity contribution < 1.29 is 0 Å². The van der Waals surface area contributed by atoms with Gasteiger partial charge in [0.25, 0.3) is 0 Å². The minimum absolute atomic E-state index is 0.365. The zero-order valence-electron chi connectivity index (χ0n) is 32.0. The van der Waals surface area contributed by atoms with Crippen LogP contribution in [0.25, 0.3) is 41.0 Å². The fourth-order valence-corrected chi connectivity index (χ4v) is 11.4. The molecule has 0 spiro atoms. The van der Waals surface area contributed by atoms with Crippen molar-refractivity contribution in [2.75, 3.05) is 0 Å². The lowest BCUT2D eigenvalue weighted by Crippen LogP contribution is -2.50. The van der Waals surface area contributed by atoms with Crippen LogP contribution in [0.2, 0.25) is 0 Å². The van der Waals surface area contributed by atoms with Gasteiger partial charge in [-0.2, -0.15) is 0 Å². The van der Waals surface area contributed by atoms with E-state index < -0.39 is 0 Å². The minimum atomic E-state index is 0.365. The van der Waals surface area contributed by atoms with Gasteiger partial charge >= 0.3 is 0 Å². The second kappa shape index (κ2) is 12.5. The van der Waals surface area contributed by atoms with Crippen molar-refractivity contribution in [1.29, 1.82) is 0 Å². The number of fused-ring (bicyclic) bond motifs is 2. The van der Waals surface area contributed by atoms with Crippen LogP contribution in [-0.4, -0.2) is 0 Å². The van der Waals surface area contributed by atoms with Crippen LogP contribution < -0.4 is 20.9 Å². The van der Waals surface area contributed by atoms with Gasteiger partial charge in [-0.05, 0) is 183 Å². The summed E-state index contributed by atoms with van der Waals surface area (Å²) in [6.45, 7) is 16.2. The topological polar surface area (TPSA) is 0 Å². The maximum Gasteiger partial charge on any atom is 0.0174 e. The molecule has 0 radical (unpaired) electrons. The predicted molar refractivity (Wildman–Crippen MR) is 221 cm³/mol. The summed E-state index contributed by atoms with van der Waals surface area (Å²) in [5, 5.41) is 6.14. The minimum Gasteiger partial charge on any atom is -0.0874 e. The predicted octanol–water partition coefficient (Wildman–Crippen LogP) is 10.6. The Balaban J connectivity index is 1.53. The molecule has 51 heavy (non-hydrogen) atoms. The number of benzene rings is 2. The van der Waals surface area contributed by atoms with Crippen LogP contribution in [-0.2, 0) is 6.42 Å². The molecule has 0 fully saturated rings. The van der Waals surface area contributed by atoms with Crippen molar-refractivity contribution >= 4 is 41.0 Å². The van der Waals surface area contributed by atoms with E-state index in [1.165, 1.54) is 51.1 Å². The standard InChI is InChI=1S/C51H54/c1-8-14-19-31-22-36-27-35-21-30(13-6)23-39-29(7)42-47-38(20-15-9-2)32(16-10-3)25-37-26-33(17-11-4)40-28-34(18-12-5)43-41(24-31)45(36)50(44(35)39)49(42)51(43)48(40)46(37)47/h10,12-14,16-19,21-22,25-27,29,40-42H,8-9,11,15,20,23-24,28H2,1-7H3/b16-10+,18-12+,19-14-,30-13-,33-17-. The highest BCUT2D eigenvalue weighted by molar-refractivity contribution is 6.03. The van der Waals surface area contributed by atoms with E-state index >= 15 is 0 Å². The van der Waals surface area contributed by atoms with Gasteiger partial charge < -0.3 is 0 Å². The van der Waals surface area contributed by atoms with Crippen molar-refractivity contribution in [2.45, 2.75) is 112 Å². The second-order valence-corrected chi connectivity index (χ2v) is 16.1. The molecule has 0 aliphatic heterocycles. The Morgan fingerprint density at radius 3 is 2.35 bits per heavy atom. The number of allylic oxidation sites excluding steroid dienone is 14. The van der Waals surface area contributed by atoms with Crippen molar-refractivity contribution in [2.24, 2.45) is 11.8 Å². The summed E-state index contributed by atoms with van der Waals surface area (Å²) in [5.74, 6) is 1.59. The summed E-state index contributed by atoms with van der Waals surface area (Å²) in [4.78, 5) is 0. The van der Waals surface area contributed by atoms with Gasteiger partial charge in [-0.15, -0.1) is 0 Å². The molecular weight excluding hydrogens is 613 g/mol. The molecule has 2 aromatic rings. The fourth-order valence-electron chi connectivity index (χ4n) is 11.4. The van der Waals surface area contributed by atoms with Crippen LogP contribution in [0.3, 0.4) is 0 Å². The van der Waals surface area contributed by atoms with E-state index in [-0.39, 0.29) is 0 Å². The van der Waals surface area contributed by atoms with Gasteiger partial charge in [0.1, 0.15) is 0 Å². The van der Waals surface area contributed by atoms with Gasteiger partial charge in [0, 0.05) is 17.8 Å². The van der Waals surface area contributed by atoms with Gasteiger partial charge in [-0.3, -0.25) is 0 Å². The van der Waals surface area contributed by atoms with E-state index in [1.807, 2.05) is 0 Å². The van der Waals surface area contributed by atoms with Gasteiger partial charge in [0.05, 0.1) is 0 Å². The van der Waals surface area contributed by atoms with E-state index in [9.17, 15) is 0 Å². The molecule has 0 saturated heterocycles. The van der Waals surface area contributed by atoms with E-state index in [4.69, 9.17) is 0 Å². The van der Waals surface area contributed by atoms with Crippen LogP contribution in [0.5, 0.6) is 0 Å². The van der Waals surface area contributed by atoms with Crippen LogP contribution in [0.15, 0.2) is 88.1 Å². The van der Waals surface area contributed by atoms with Crippen LogP contribution in [0.4, 0.5) is 0 Å². The lowest BCUT2D eigenvalue weighted by atomic mass is 9.52. The summed E-state index contributed by atoms with van der Waals surface area (Å²) in [7, 11) is 0. The molecule has 4 atom stereocenters. The molecule has 258 valence electrons. The Kier molecular flexibility index (Phi) is 8.03. The smallest absolute Gasteiger partial charge is 0.0174 e. The molecule has 0 amide bonds. The SMILES string of the molecule is C/C=C/C1=C2C3=C4c5c6c(cc7c5=C(C/C(=C\C)C=7)C(C)C4c4c(CCCC)c(/C=C/C)cc5c4=C3C(C1)/C(=C\CC)C=5)C=C(/C=C\CC)CC26. The first-order valence-corrected chi connectivity index (χ1v) is 20.3. The number of hydrogen-bond donors (Lipinski definition) is 0. The summed E-state index contributed by atoms with van der Waals surface area (Å²) in [6, 6.07) is 5.16. The van der Waals surface area contributed by atoms with E-state index in [1.54, 1.807) is 66.1 Å². The Bertz CT molecular complexity index is 2430. The first kappa shape index (κ1) is 32.7. The molecule has 0 nitrogen and oxygen atoms in total. The van der Waals surface area contributed by atoms with Gasteiger partial charge in [0.15, 0.2) is 0 Å². The molecule has 7 aliphatic carbocycles. The van der Waals surface area contributed by atoms with Gasteiger partial charge in [-0.25, -0.2) is 0 Å². The molecule has 4 unspecified atom stereocenters. The summed E-state index contributed by atoms with van der Waals surface area (Å²) in [6.07, 6.45) is 35.9. The van der Waals surface area contributed by atoms with Crippen molar-refractivity contribution in [3.63, 3.8) is 0 Å². The molecule has 0 aromatic heterocycles. The Labute approximate surface area is 305 Å². The van der Waals surface area contributed by atoms with E-state index in [0.717, 1.165) is 38.5 Å². The molecule has 2 aromatic carbocycles. The maximum absolute atomic E-state index is 2.61. The number of hydrogen-bond acceptors (Lipinski definition) is 0. The monoisotopic (exact) mass is 666 g/mol. The summed E-state index contributed by atoms with van der Waals surface area (Å²) >= 11 is 0. The van der Waals surface area contributed by atoms with E-state index in [0.29, 0.717) is 23.7 Å². The molecule has 7 aliphatic rings. The number of unbranched alkanes of at least 4 members (excludes halogenated alkanes) is 1. The second-order valence-electron chi connectivity index (χ2n) is 16.1. The zero-order chi connectivity index (χ0) is 35.1. The largest absolute Gasteiger partial charge is 0.0874 e. The highest BCUT2D eigenvalue weighted by atomic mass is 14.5. The quantitative estimate of drug-likeness (QED) is 0.263.